The van der Waals surface area contributed by atoms with Crippen molar-refractivity contribution in [1.29, 1.82) is 0 Å². The van der Waals surface area contributed by atoms with Gasteiger partial charge in [0.1, 0.15) is 0 Å². The molecule has 1 rings (SSSR count). The topological polar surface area (TPSA) is 46.5 Å². The highest BCUT2D eigenvalue weighted by atomic mass is 16.5. The molecule has 0 aromatic rings. The molecule has 0 spiro atoms. The Morgan fingerprint density at radius 3 is 2.16 bits per heavy atom. The first-order valence-corrected chi connectivity index (χ1v) is 7.70. The largest absolute Gasteiger partial charge is 0.466 e. The number of aliphatic hydroxyl groups is 1. The van der Waals surface area contributed by atoms with Gasteiger partial charge in [-0.15, -0.1) is 0 Å². The fourth-order valence-corrected chi connectivity index (χ4v) is 3.46. The zero-order valence-electron chi connectivity index (χ0n) is 13.1. The summed E-state index contributed by atoms with van der Waals surface area (Å²) in [6.07, 6.45) is 3.46. The minimum absolute atomic E-state index is 0.111. The van der Waals surface area contributed by atoms with Gasteiger partial charge in [-0.3, -0.25) is 4.79 Å². The highest BCUT2D eigenvalue weighted by molar-refractivity contribution is 5.74. The van der Waals surface area contributed by atoms with E-state index in [-0.39, 0.29) is 17.8 Å². The minimum Gasteiger partial charge on any atom is -0.466 e. The van der Waals surface area contributed by atoms with Gasteiger partial charge >= 0.3 is 5.97 Å². The molecule has 1 unspecified atom stereocenters. The molecule has 0 aromatic carbocycles. The molecular formula is C16H30O3. The average molecular weight is 270 g/mol. The Balaban J connectivity index is 2.77. The zero-order chi connectivity index (χ0) is 14.6. The first-order chi connectivity index (χ1) is 8.81. The molecule has 0 amide bonds. The van der Waals surface area contributed by atoms with Crippen LogP contribution in [0.15, 0.2) is 0 Å². The summed E-state index contributed by atoms with van der Waals surface area (Å²) in [7, 11) is 0. The average Bonchev–Trinajstić information content (AvgIpc) is 2.28. The molecule has 3 heteroatoms. The van der Waals surface area contributed by atoms with Gasteiger partial charge in [-0.2, -0.15) is 0 Å². The highest BCUT2D eigenvalue weighted by Gasteiger charge is 2.46. The zero-order valence-corrected chi connectivity index (χ0v) is 13.1. The van der Waals surface area contributed by atoms with E-state index < -0.39 is 5.60 Å². The van der Waals surface area contributed by atoms with Crippen LogP contribution in [0.4, 0.5) is 0 Å². The highest BCUT2D eigenvalue weighted by Crippen LogP contribution is 2.42. The van der Waals surface area contributed by atoms with Crippen molar-refractivity contribution in [3.63, 3.8) is 0 Å². The predicted octanol–water partition coefficient (Wildman–Crippen LogP) is 3.40. The molecule has 1 aliphatic rings. The fourth-order valence-electron chi connectivity index (χ4n) is 3.46. The molecular weight excluding hydrogens is 240 g/mol. The summed E-state index contributed by atoms with van der Waals surface area (Å²) >= 11 is 0. The van der Waals surface area contributed by atoms with Gasteiger partial charge in [0, 0.05) is 0 Å². The summed E-state index contributed by atoms with van der Waals surface area (Å²) in [5, 5.41) is 10.9. The van der Waals surface area contributed by atoms with Gasteiger partial charge in [0.15, 0.2) is 0 Å². The molecule has 0 aromatic heterocycles. The molecule has 0 radical (unpaired) electrons. The first kappa shape index (κ1) is 16.5. The standard InChI is InChI=1S/C16H30O3/c1-6-19-15(17)14(12(4)5)16(18)9-7-13(8-10-16)11(2)3/h11-14,18H,6-10H2,1-5H3. The van der Waals surface area contributed by atoms with E-state index in [4.69, 9.17) is 4.74 Å². The van der Waals surface area contributed by atoms with Crippen LogP contribution in [0.1, 0.15) is 60.3 Å². The van der Waals surface area contributed by atoms with Gasteiger partial charge in [0.25, 0.3) is 0 Å². The Kier molecular flexibility index (Phi) is 5.84. The van der Waals surface area contributed by atoms with Crippen LogP contribution >= 0.6 is 0 Å². The number of hydrogen-bond donors (Lipinski definition) is 1. The second-order valence-electron chi connectivity index (χ2n) is 6.66. The maximum Gasteiger partial charge on any atom is 0.312 e. The second kappa shape index (κ2) is 6.74. The molecule has 0 bridgehead atoms. The molecule has 1 fully saturated rings. The summed E-state index contributed by atoms with van der Waals surface area (Å²) < 4.78 is 5.16. The smallest absolute Gasteiger partial charge is 0.312 e. The number of esters is 1. The van der Waals surface area contributed by atoms with Gasteiger partial charge in [-0.25, -0.2) is 0 Å². The summed E-state index contributed by atoms with van der Waals surface area (Å²) in [5.41, 5.74) is -0.869. The third-order valence-corrected chi connectivity index (χ3v) is 4.63. The fraction of sp³-hybridized carbons (Fsp3) is 0.938. The van der Waals surface area contributed by atoms with Crippen molar-refractivity contribution >= 4 is 5.97 Å². The molecule has 1 aliphatic carbocycles. The van der Waals surface area contributed by atoms with Crippen LogP contribution in [0.2, 0.25) is 0 Å². The lowest BCUT2D eigenvalue weighted by Crippen LogP contribution is -2.48. The van der Waals surface area contributed by atoms with E-state index in [0.29, 0.717) is 18.4 Å². The lowest BCUT2D eigenvalue weighted by molar-refractivity contribution is -0.166. The van der Waals surface area contributed by atoms with E-state index >= 15 is 0 Å². The molecule has 19 heavy (non-hydrogen) atoms. The van der Waals surface area contributed by atoms with Crippen molar-refractivity contribution in [2.45, 2.75) is 65.9 Å². The number of ether oxygens (including phenoxy) is 1. The lowest BCUT2D eigenvalue weighted by atomic mass is 9.67. The van der Waals surface area contributed by atoms with Gasteiger partial charge in [0.2, 0.25) is 0 Å². The van der Waals surface area contributed by atoms with Crippen LogP contribution in [-0.2, 0) is 9.53 Å². The molecule has 0 heterocycles. The number of carbonyl (C=O) groups excluding carboxylic acids is 1. The minimum atomic E-state index is -0.869. The molecule has 0 saturated heterocycles. The van der Waals surface area contributed by atoms with E-state index in [1.165, 1.54) is 0 Å². The number of hydrogen-bond acceptors (Lipinski definition) is 3. The van der Waals surface area contributed by atoms with Crippen molar-refractivity contribution < 1.29 is 14.6 Å². The normalized spacial score (nSPS) is 29.6. The van der Waals surface area contributed by atoms with E-state index in [1.807, 2.05) is 20.8 Å². The molecule has 1 saturated carbocycles. The summed E-state index contributed by atoms with van der Waals surface area (Å²) in [6, 6.07) is 0. The van der Waals surface area contributed by atoms with Crippen molar-refractivity contribution in [2.24, 2.45) is 23.7 Å². The monoisotopic (exact) mass is 270 g/mol. The predicted molar refractivity (Wildman–Crippen MR) is 76.7 cm³/mol. The van der Waals surface area contributed by atoms with E-state index in [0.717, 1.165) is 25.7 Å². The Labute approximate surface area is 117 Å². The van der Waals surface area contributed by atoms with Crippen LogP contribution in [-0.4, -0.2) is 23.3 Å². The van der Waals surface area contributed by atoms with Gasteiger partial charge in [0.05, 0.1) is 18.1 Å². The molecule has 3 nitrogen and oxygen atoms in total. The summed E-state index contributed by atoms with van der Waals surface area (Å²) in [5.74, 6) is 0.822. The molecule has 112 valence electrons. The Bertz CT molecular complexity index is 288. The summed E-state index contributed by atoms with van der Waals surface area (Å²) in [4.78, 5) is 12.1. The quantitative estimate of drug-likeness (QED) is 0.779. The van der Waals surface area contributed by atoms with Crippen LogP contribution < -0.4 is 0 Å². The maximum atomic E-state index is 12.1. The van der Waals surface area contributed by atoms with Crippen LogP contribution in [0.3, 0.4) is 0 Å². The summed E-state index contributed by atoms with van der Waals surface area (Å²) in [6.45, 7) is 10.7. The van der Waals surface area contributed by atoms with Crippen molar-refractivity contribution in [2.75, 3.05) is 6.61 Å². The maximum absolute atomic E-state index is 12.1. The second-order valence-corrected chi connectivity index (χ2v) is 6.66. The van der Waals surface area contributed by atoms with Crippen molar-refractivity contribution in [3.8, 4) is 0 Å². The van der Waals surface area contributed by atoms with Crippen molar-refractivity contribution in [1.82, 2.24) is 0 Å². The Morgan fingerprint density at radius 2 is 1.79 bits per heavy atom. The van der Waals surface area contributed by atoms with Crippen LogP contribution in [0.25, 0.3) is 0 Å². The number of rotatable bonds is 5. The molecule has 1 N–H and O–H groups in total. The number of carbonyl (C=O) groups is 1. The van der Waals surface area contributed by atoms with Crippen molar-refractivity contribution in [3.05, 3.63) is 0 Å². The third-order valence-electron chi connectivity index (χ3n) is 4.63. The SMILES string of the molecule is CCOC(=O)C(C(C)C)C1(O)CCC(C(C)C)CC1. The lowest BCUT2D eigenvalue weighted by Gasteiger charge is -2.42. The Morgan fingerprint density at radius 1 is 1.26 bits per heavy atom. The van der Waals surface area contributed by atoms with E-state index in [1.54, 1.807) is 0 Å². The first-order valence-electron chi connectivity index (χ1n) is 7.70. The van der Waals surface area contributed by atoms with E-state index in [2.05, 4.69) is 13.8 Å². The van der Waals surface area contributed by atoms with Crippen LogP contribution in [0.5, 0.6) is 0 Å². The third kappa shape index (κ3) is 3.95. The van der Waals surface area contributed by atoms with Gasteiger partial charge in [-0.1, -0.05) is 27.7 Å². The van der Waals surface area contributed by atoms with Gasteiger partial charge in [-0.05, 0) is 50.4 Å². The molecule has 0 aliphatic heterocycles. The van der Waals surface area contributed by atoms with Crippen LogP contribution in [0, 0.1) is 23.7 Å². The molecule has 1 atom stereocenters. The Hall–Kier alpha value is -0.570. The van der Waals surface area contributed by atoms with E-state index in [9.17, 15) is 9.90 Å². The van der Waals surface area contributed by atoms with Gasteiger partial charge < -0.3 is 9.84 Å².